The van der Waals surface area contributed by atoms with Crippen LogP contribution in [0.2, 0.25) is 0 Å². The van der Waals surface area contributed by atoms with Gasteiger partial charge in [0, 0.05) is 12.0 Å². The van der Waals surface area contributed by atoms with Gasteiger partial charge in [0.05, 0.1) is 11.8 Å². The van der Waals surface area contributed by atoms with Crippen molar-refractivity contribution >= 4 is 11.9 Å². The van der Waals surface area contributed by atoms with Crippen LogP contribution in [-0.2, 0) is 15.0 Å². The Hall–Kier alpha value is -1.91. The molecule has 0 radical (unpaired) electrons. The standard InChI is InChI=1S/C15H18FNO3/c1-15(2,11-5-3-4-6-12(11)16)8-17-13(18)9-7-10(9)14(19)20/h3-6,9-10H,7-8H2,1-2H3,(H,17,18)(H,19,20)/t9-,10+/m1/s1. The Bertz CT molecular complexity index is 542. The number of carboxylic acids is 1. The molecule has 0 aromatic heterocycles. The quantitative estimate of drug-likeness (QED) is 0.865. The van der Waals surface area contributed by atoms with Crippen LogP contribution in [0.3, 0.4) is 0 Å². The third-order valence-corrected chi connectivity index (χ3v) is 3.75. The van der Waals surface area contributed by atoms with Crippen molar-refractivity contribution in [2.45, 2.75) is 25.7 Å². The normalized spacial score (nSPS) is 21.4. The van der Waals surface area contributed by atoms with E-state index in [1.165, 1.54) is 6.07 Å². The molecule has 1 aromatic rings. The number of benzene rings is 1. The number of rotatable bonds is 5. The highest BCUT2D eigenvalue weighted by Gasteiger charge is 2.48. The van der Waals surface area contributed by atoms with Crippen molar-refractivity contribution in [2.75, 3.05) is 6.54 Å². The molecule has 0 spiro atoms. The molecule has 0 unspecified atom stereocenters. The predicted octanol–water partition coefficient (Wildman–Crippen LogP) is 1.94. The highest BCUT2D eigenvalue weighted by atomic mass is 19.1. The van der Waals surface area contributed by atoms with Gasteiger partial charge in [-0.3, -0.25) is 9.59 Å². The second kappa shape index (κ2) is 5.23. The molecule has 1 saturated carbocycles. The molecule has 108 valence electrons. The number of halogens is 1. The number of carbonyl (C=O) groups excluding carboxylic acids is 1. The van der Waals surface area contributed by atoms with Crippen LogP contribution in [0.1, 0.15) is 25.8 Å². The minimum absolute atomic E-state index is 0.262. The third kappa shape index (κ3) is 2.98. The number of nitrogens with one attached hydrogen (secondary N) is 1. The Kier molecular flexibility index (Phi) is 3.79. The summed E-state index contributed by atoms with van der Waals surface area (Å²) in [6.45, 7) is 3.95. The maximum Gasteiger partial charge on any atom is 0.307 e. The van der Waals surface area contributed by atoms with Crippen molar-refractivity contribution in [3.63, 3.8) is 0 Å². The van der Waals surface area contributed by atoms with Gasteiger partial charge in [0.2, 0.25) is 5.91 Å². The van der Waals surface area contributed by atoms with E-state index in [-0.39, 0.29) is 18.3 Å². The average molecular weight is 279 g/mol. The molecule has 0 heterocycles. The second-order valence-electron chi connectivity index (χ2n) is 5.87. The lowest BCUT2D eigenvalue weighted by molar-refractivity contribution is -0.140. The fourth-order valence-corrected chi connectivity index (χ4v) is 2.30. The summed E-state index contributed by atoms with van der Waals surface area (Å²) in [6, 6.07) is 6.46. The summed E-state index contributed by atoms with van der Waals surface area (Å²) in [6.07, 6.45) is 0.390. The Balaban J connectivity index is 1.95. The molecule has 2 atom stereocenters. The van der Waals surface area contributed by atoms with Crippen molar-refractivity contribution in [3.8, 4) is 0 Å². The minimum atomic E-state index is -0.932. The van der Waals surface area contributed by atoms with Crippen molar-refractivity contribution in [1.82, 2.24) is 5.32 Å². The molecule has 2 rings (SSSR count). The van der Waals surface area contributed by atoms with Crippen LogP contribution in [-0.4, -0.2) is 23.5 Å². The molecule has 5 heteroatoms. The van der Waals surface area contributed by atoms with Crippen molar-refractivity contribution < 1.29 is 19.1 Å². The zero-order valence-electron chi connectivity index (χ0n) is 11.5. The van der Waals surface area contributed by atoms with Gasteiger partial charge in [0.15, 0.2) is 0 Å². The lowest BCUT2D eigenvalue weighted by Gasteiger charge is -2.26. The van der Waals surface area contributed by atoms with Crippen LogP contribution in [0.4, 0.5) is 4.39 Å². The first kappa shape index (κ1) is 14.5. The number of hydrogen-bond acceptors (Lipinski definition) is 2. The summed E-state index contributed by atoms with van der Waals surface area (Å²) in [4.78, 5) is 22.5. The SMILES string of the molecule is CC(C)(CNC(=O)[C@@H]1C[C@@H]1C(=O)O)c1ccccc1F. The van der Waals surface area contributed by atoms with E-state index in [0.29, 0.717) is 12.0 Å². The van der Waals surface area contributed by atoms with Gasteiger partial charge in [-0.2, -0.15) is 0 Å². The van der Waals surface area contributed by atoms with Gasteiger partial charge in [-0.05, 0) is 18.1 Å². The number of hydrogen-bond donors (Lipinski definition) is 2. The summed E-state index contributed by atoms with van der Waals surface area (Å²) in [7, 11) is 0. The lowest BCUT2D eigenvalue weighted by Crippen LogP contribution is -2.38. The van der Waals surface area contributed by atoms with E-state index in [2.05, 4.69) is 5.32 Å². The molecule has 1 fully saturated rings. The Morgan fingerprint density at radius 3 is 2.55 bits per heavy atom. The van der Waals surface area contributed by atoms with Crippen LogP contribution in [0.15, 0.2) is 24.3 Å². The van der Waals surface area contributed by atoms with E-state index in [0.717, 1.165) is 0 Å². The lowest BCUT2D eigenvalue weighted by atomic mass is 9.84. The highest BCUT2D eigenvalue weighted by molar-refractivity contribution is 5.89. The first-order valence-corrected chi connectivity index (χ1v) is 6.58. The zero-order chi connectivity index (χ0) is 14.9. The van der Waals surface area contributed by atoms with Gasteiger partial charge < -0.3 is 10.4 Å². The van der Waals surface area contributed by atoms with Gasteiger partial charge in [0.25, 0.3) is 0 Å². The molecule has 0 saturated heterocycles. The summed E-state index contributed by atoms with van der Waals surface area (Å²) in [5, 5.41) is 11.5. The third-order valence-electron chi connectivity index (χ3n) is 3.75. The molecule has 2 N–H and O–H groups in total. The number of carboxylic acid groups (broad SMARTS) is 1. The number of carbonyl (C=O) groups is 2. The minimum Gasteiger partial charge on any atom is -0.481 e. The molecule has 1 amide bonds. The van der Waals surface area contributed by atoms with E-state index in [4.69, 9.17) is 5.11 Å². The fourth-order valence-electron chi connectivity index (χ4n) is 2.30. The molecule has 1 aromatic carbocycles. The molecular formula is C15H18FNO3. The van der Waals surface area contributed by atoms with Crippen molar-refractivity contribution in [1.29, 1.82) is 0 Å². The van der Waals surface area contributed by atoms with E-state index >= 15 is 0 Å². The largest absolute Gasteiger partial charge is 0.481 e. The molecule has 1 aliphatic rings. The number of amides is 1. The van der Waals surface area contributed by atoms with E-state index < -0.39 is 23.2 Å². The van der Waals surface area contributed by atoms with Gasteiger partial charge in [0.1, 0.15) is 5.82 Å². The van der Waals surface area contributed by atoms with E-state index in [1.54, 1.807) is 18.2 Å². The van der Waals surface area contributed by atoms with Gasteiger partial charge in [-0.15, -0.1) is 0 Å². The predicted molar refractivity (Wildman–Crippen MR) is 71.7 cm³/mol. The Morgan fingerprint density at radius 2 is 2.00 bits per heavy atom. The van der Waals surface area contributed by atoms with Crippen molar-refractivity contribution in [2.24, 2.45) is 11.8 Å². The topological polar surface area (TPSA) is 66.4 Å². The molecule has 1 aliphatic carbocycles. The molecule has 4 nitrogen and oxygen atoms in total. The maximum atomic E-state index is 13.8. The molecular weight excluding hydrogens is 261 g/mol. The van der Waals surface area contributed by atoms with Gasteiger partial charge >= 0.3 is 5.97 Å². The van der Waals surface area contributed by atoms with E-state index in [9.17, 15) is 14.0 Å². The van der Waals surface area contributed by atoms with Crippen LogP contribution in [0, 0.1) is 17.7 Å². The Morgan fingerprint density at radius 1 is 1.35 bits per heavy atom. The fraction of sp³-hybridized carbons (Fsp3) is 0.467. The van der Waals surface area contributed by atoms with Gasteiger partial charge in [-0.1, -0.05) is 32.0 Å². The second-order valence-corrected chi connectivity index (χ2v) is 5.87. The maximum absolute atomic E-state index is 13.8. The first-order chi connectivity index (χ1) is 9.33. The highest BCUT2D eigenvalue weighted by Crippen LogP contribution is 2.38. The summed E-state index contributed by atoms with van der Waals surface area (Å²) in [5.41, 5.74) is -0.0138. The molecule has 0 bridgehead atoms. The van der Waals surface area contributed by atoms with Gasteiger partial charge in [-0.25, -0.2) is 4.39 Å². The van der Waals surface area contributed by atoms with Crippen LogP contribution < -0.4 is 5.32 Å². The van der Waals surface area contributed by atoms with Crippen LogP contribution >= 0.6 is 0 Å². The van der Waals surface area contributed by atoms with Crippen molar-refractivity contribution in [3.05, 3.63) is 35.6 Å². The summed E-state index contributed by atoms with van der Waals surface area (Å²) < 4.78 is 13.8. The summed E-state index contributed by atoms with van der Waals surface area (Å²) in [5.74, 6) is -2.50. The smallest absolute Gasteiger partial charge is 0.307 e. The Labute approximate surface area is 117 Å². The van der Waals surface area contributed by atoms with Crippen LogP contribution in [0.25, 0.3) is 0 Å². The summed E-state index contributed by atoms with van der Waals surface area (Å²) >= 11 is 0. The first-order valence-electron chi connectivity index (χ1n) is 6.58. The monoisotopic (exact) mass is 279 g/mol. The average Bonchev–Trinajstić information content (AvgIpc) is 3.16. The zero-order valence-corrected chi connectivity index (χ0v) is 11.5. The number of aliphatic carboxylic acids is 1. The van der Waals surface area contributed by atoms with Crippen LogP contribution in [0.5, 0.6) is 0 Å². The molecule has 20 heavy (non-hydrogen) atoms. The van der Waals surface area contributed by atoms with E-state index in [1.807, 2.05) is 13.8 Å². The molecule has 0 aliphatic heterocycles.